The van der Waals surface area contributed by atoms with Crippen LogP contribution in [0.4, 0.5) is 0 Å². The second-order valence-electron chi connectivity index (χ2n) is 6.76. The fourth-order valence-corrected chi connectivity index (χ4v) is 3.27. The van der Waals surface area contributed by atoms with Crippen LogP contribution in [-0.4, -0.2) is 42.5 Å². The van der Waals surface area contributed by atoms with Gasteiger partial charge in [-0.15, -0.1) is 0 Å². The number of hydrogen-bond acceptors (Lipinski definition) is 4. The molecule has 6 nitrogen and oxygen atoms in total. The molecule has 1 aliphatic rings. The van der Waals surface area contributed by atoms with Gasteiger partial charge in [0.1, 0.15) is 5.75 Å². The lowest BCUT2D eigenvalue weighted by atomic mass is 10.0. The van der Waals surface area contributed by atoms with Crippen LogP contribution in [-0.2, 0) is 11.3 Å². The van der Waals surface area contributed by atoms with E-state index in [0.29, 0.717) is 11.3 Å². The van der Waals surface area contributed by atoms with Crippen molar-refractivity contribution < 1.29 is 14.3 Å². The van der Waals surface area contributed by atoms with Gasteiger partial charge in [-0.3, -0.25) is 14.5 Å². The lowest BCUT2D eigenvalue weighted by molar-refractivity contribution is -0.119. The van der Waals surface area contributed by atoms with E-state index in [4.69, 9.17) is 10.5 Å². The number of para-hydroxylation sites is 1. The molecule has 2 aromatic rings. The van der Waals surface area contributed by atoms with Crippen molar-refractivity contribution in [3.05, 3.63) is 65.7 Å². The Morgan fingerprint density at radius 2 is 1.70 bits per heavy atom. The van der Waals surface area contributed by atoms with Gasteiger partial charge in [0.2, 0.25) is 0 Å². The van der Waals surface area contributed by atoms with Gasteiger partial charge in [-0.1, -0.05) is 42.5 Å². The van der Waals surface area contributed by atoms with Gasteiger partial charge in [0.25, 0.3) is 11.8 Å². The quantitative estimate of drug-likeness (QED) is 0.783. The fraction of sp³-hybridized carbons (Fsp3) is 0.333. The van der Waals surface area contributed by atoms with E-state index in [1.54, 1.807) is 24.3 Å². The standard InChI is InChI=1S/C21H25N3O3/c22-20(25)15-27-19-9-5-4-8-18(19)21(26)23-17-10-12-24(13-11-17)14-16-6-2-1-3-7-16/h1-9,17H,10-15H2,(H2,22,25)(H,23,26). The van der Waals surface area contributed by atoms with E-state index < -0.39 is 5.91 Å². The summed E-state index contributed by atoms with van der Waals surface area (Å²) in [6.45, 7) is 2.58. The molecule has 2 amide bonds. The lowest BCUT2D eigenvalue weighted by Crippen LogP contribution is -2.44. The Morgan fingerprint density at radius 3 is 2.41 bits per heavy atom. The molecule has 1 aliphatic heterocycles. The van der Waals surface area contributed by atoms with E-state index in [0.717, 1.165) is 32.5 Å². The number of benzene rings is 2. The minimum absolute atomic E-state index is 0.133. The van der Waals surface area contributed by atoms with E-state index >= 15 is 0 Å². The third kappa shape index (κ3) is 5.56. The monoisotopic (exact) mass is 367 g/mol. The van der Waals surface area contributed by atoms with Crippen molar-refractivity contribution in [2.75, 3.05) is 19.7 Å². The molecule has 0 radical (unpaired) electrons. The normalized spacial score (nSPS) is 15.3. The topological polar surface area (TPSA) is 84.7 Å². The summed E-state index contributed by atoms with van der Waals surface area (Å²) in [5, 5.41) is 3.09. The average Bonchev–Trinajstić information content (AvgIpc) is 2.69. The van der Waals surface area contributed by atoms with Gasteiger partial charge >= 0.3 is 0 Å². The van der Waals surface area contributed by atoms with Crippen molar-refractivity contribution in [2.24, 2.45) is 5.73 Å². The van der Waals surface area contributed by atoms with E-state index in [-0.39, 0.29) is 18.6 Å². The highest BCUT2D eigenvalue weighted by Gasteiger charge is 2.22. The highest BCUT2D eigenvalue weighted by Crippen LogP contribution is 2.19. The molecular formula is C21H25N3O3. The number of ether oxygens (including phenoxy) is 1. The van der Waals surface area contributed by atoms with Crippen LogP contribution in [0.5, 0.6) is 5.75 Å². The Balaban J connectivity index is 1.52. The summed E-state index contributed by atoms with van der Waals surface area (Å²) in [7, 11) is 0. The van der Waals surface area contributed by atoms with Crippen molar-refractivity contribution in [3.63, 3.8) is 0 Å². The Hall–Kier alpha value is -2.86. The van der Waals surface area contributed by atoms with E-state index in [2.05, 4.69) is 34.5 Å². The predicted molar refractivity (Wildman–Crippen MR) is 103 cm³/mol. The van der Waals surface area contributed by atoms with Crippen LogP contribution < -0.4 is 15.8 Å². The van der Waals surface area contributed by atoms with Crippen LogP contribution in [0.3, 0.4) is 0 Å². The lowest BCUT2D eigenvalue weighted by Gasteiger charge is -2.32. The van der Waals surface area contributed by atoms with Crippen molar-refractivity contribution in [3.8, 4) is 5.75 Å². The first kappa shape index (κ1) is 18.9. The third-order valence-corrected chi connectivity index (χ3v) is 4.67. The number of nitrogens with two attached hydrogens (primary N) is 1. The molecule has 142 valence electrons. The van der Waals surface area contributed by atoms with Gasteiger partial charge in [-0.2, -0.15) is 0 Å². The van der Waals surface area contributed by atoms with Gasteiger partial charge < -0.3 is 15.8 Å². The van der Waals surface area contributed by atoms with Crippen LogP contribution in [0, 0.1) is 0 Å². The van der Waals surface area contributed by atoms with Gasteiger partial charge in [0.05, 0.1) is 5.56 Å². The zero-order valence-corrected chi connectivity index (χ0v) is 15.3. The maximum atomic E-state index is 12.6. The summed E-state index contributed by atoms with van der Waals surface area (Å²) in [6, 6.07) is 17.4. The van der Waals surface area contributed by atoms with Gasteiger partial charge in [-0.25, -0.2) is 0 Å². The molecule has 6 heteroatoms. The molecule has 0 bridgehead atoms. The molecule has 0 spiro atoms. The molecule has 3 N–H and O–H groups in total. The molecule has 0 saturated carbocycles. The zero-order chi connectivity index (χ0) is 19.1. The maximum Gasteiger partial charge on any atom is 0.255 e. The summed E-state index contributed by atoms with van der Waals surface area (Å²) in [5.74, 6) is -0.386. The van der Waals surface area contributed by atoms with Gasteiger partial charge in [-0.05, 0) is 30.5 Å². The summed E-state index contributed by atoms with van der Waals surface area (Å²) >= 11 is 0. The molecule has 0 aromatic heterocycles. The number of hydrogen-bond donors (Lipinski definition) is 2. The zero-order valence-electron chi connectivity index (χ0n) is 15.3. The molecule has 0 unspecified atom stereocenters. The summed E-state index contributed by atoms with van der Waals surface area (Å²) < 4.78 is 5.35. The molecule has 0 atom stereocenters. The summed E-state index contributed by atoms with van der Waals surface area (Å²) in [5.41, 5.74) is 6.84. The largest absolute Gasteiger partial charge is 0.483 e. The van der Waals surface area contributed by atoms with Crippen LogP contribution in [0.1, 0.15) is 28.8 Å². The fourth-order valence-electron chi connectivity index (χ4n) is 3.27. The number of amides is 2. The number of nitrogens with zero attached hydrogens (tertiary/aromatic N) is 1. The van der Waals surface area contributed by atoms with Gasteiger partial charge in [0.15, 0.2) is 6.61 Å². The first-order chi connectivity index (χ1) is 13.1. The first-order valence-corrected chi connectivity index (χ1v) is 9.19. The number of rotatable bonds is 7. The highest BCUT2D eigenvalue weighted by molar-refractivity contribution is 5.97. The number of nitrogens with one attached hydrogen (secondary N) is 1. The molecule has 0 aliphatic carbocycles. The van der Waals surface area contributed by atoms with E-state index in [1.807, 2.05) is 6.07 Å². The molecule has 1 saturated heterocycles. The number of carbonyl (C=O) groups excluding carboxylic acids is 2. The second kappa shape index (κ2) is 9.19. The summed E-state index contributed by atoms with van der Waals surface area (Å²) in [4.78, 5) is 26.0. The first-order valence-electron chi connectivity index (χ1n) is 9.19. The van der Waals surface area contributed by atoms with Crippen molar-refractivity contribution >= 4 is 11.8 Å². The molecule has 1 fully saturated rings. The molecular weight excluding hydrogens is 342 g/mol. The Bertz CT molecular complexity index is 771. The van der Waals surface area contributed by atoms with E-state index in [1.165, 1.54) is 5.56 Å². The van der Waals surface area contributed by atoms with Crippen LogP contribution >= 0.6 is 0 Å². The molecule has 1 heterocycles. The summed E-state index contributed by atoms with van der Waals surface area (Å²) in [6.07, 6.45) is 1.81. The minimum Gasteiger partial charge on any atom is -0.483 e. The Kier molecular flexibility index (Phi) is 6.44. The van der Waals surface area contributed by atoms with Crippen LogP contribution in [0.25, 0.3) is 0 Å². The SMILES string of the molecule is NC(=O)COc1ccccc1C(=O)NC1CCN(Cc2ccccc2)CC1. The number of piperidine rings is 1. The number of primary amides is 1. The Morgan fingerprint density at radius 1 is 1.04 bits per heavy atom. The van der Waals surface area contributed by atoms with E-state index in [9.17, 15) is 9.59 Å². The maximum absolute atomic E-state index is 12.6. The molecule has 2 aromatic carbocycles. The highest BCUT2D eigenvalue weighted by atomic mass is 16.5. The molecule has 27 heavy (non-hydrogen) atoms. The van der Waals surface area contributed by atoms with Crippen molar-refractivity contribution in [2.45, 2.75) is 25.4 Å². The second-order valence-corrected chi connectivity index (χ2v) is 6.76. The van der Waals surface area contributed by atoms with Crippen LogP contribution in [0.2, 0.25) is 0 Å². The minimum atomic E-state index is -0.573. The number of likely N-dealkylation sites (tertiary alicyclic amines) is 1. The van der Waals surface area contributed by atoms with Gasteiger partial charge in [0, 0.05) is 25.7 Å². The van der Waals surface area contributed by atoms with Crippen molar-refractivity contribution in [1.82, 2.24) is 10.2 Å². The smallest absolute Gasteiger partial charge is 0.255 e. The molecule has 3 rings (SSSR count). The number of carbonyl (C=O) groups is 2. The third-order valence-electron chi connectivity index (χ3n) is 4.67. The predicted octanol–water partition coefficient (Wildman–Crippen LogP) is 1.95. The van der Waals surface area contributed by atoms with Crippen LogP contribution in [0.15, 0.2) is 54.6 Å². The van der Waals surface area contributed by atoms with Crippen molar-refractivity contribution in [1.29, 1.82) is 0 Å². The Labute approximate surface area is 159 Å². The average molecular weight is 367 g/mol.